The summed E-state index contributed by atoms with van der Waals surface area (Å²) in [7, 11) is 1.58. The lowest BCUT2D eigenvalue weighted by atomic mass is 10.0. The van der Waals surface area contributed by atoms with Crippen LogP contribution in [-0.2, 0) is 4.79 Å². The molecule has 2 atom stereocenters. The van der Waals surface area contributed by atoms with Crippen molar-refractivity contribution in [2.45, 2.75) is 51.6 Å². The van der Waals surface area contributed by atoms with Crippen LogP contribution >= 0.6 is 0 Å². The van der Waals surface area contributed by atoms with Gasteiger partial charge < -0.3 is 14.9 Å². The lowest BCUT2D eigenvalue weighted by Crippen LogP contribution is -2.52. The first-order valence-corrected chi connectivity index (χ1v) is 6.25. The molecule has 1 aliphatic heterocycles. The first kappa shape index (κ1) is 13.8. The van der Waals surface area contributed by atoms with Crippen molar-refractivity contribution in [1.29, 1.82) is 0 Å². The van der Waals surface area contributed by atoms with Crippen LogP contribution in [0.3, 0.4) is 0 Å². The summed E-state index contributed by atoms with van der Waals surface area (Å²) in [6.07, 6.45) is 3.59. The quantitative estimate of drug-likeness (QED) is 0.820. The van der Waals surface area contributed by atoms with Crippen LogP contribution in [0.1, 0.15) is 39.5 Å². The summed E-state index contributed by atoms with van der Waals surface area (Å²) in [5.74, 6) is -0.937. The molecule has 0 spiro atoms. The number of rotatable bonds is 3. The van der Waals surface area contributed by atoms with Gasteiger partial charge in [-0.1, -0.05) is 6.92 Å². The molecule has 1 aliphatic rings. The number of carbonyl (C=O) groups excluding carboxylic acids is 1. The van der Waals surface area contributed by atoms with Gasteiger partial charge in [0, 0.05) is 19.6 Å². The fourth-order valence-corrected chi connectivity index (χ4v) is 2.33. The van der Waals surface area contributed by atoms with Gasteiger partial charge in [-0.05, 0) is 32.6 Å². The maximum atomic E-state index is 12.2. The summed E-state index contributed by atoms with van der Waals surface area (Å²) >= 11 is 0. The minimum absolute atomic E-state index is 0.161. The Morgan fingerprint density at radius 1 is 1.47 bits per heavy atom. The van der Waals surface area contributed by atoms with Crippen LogP contribution in [0, 0.1) is 0 Å². The van der Waals surface area contributed by atoms with Crippen LogP contribution in [-0.4, -0.2) is 52.6 Å². The Balaban J connectivity index is 2.70. The summed E-state index contributed by atoms with van der Waals surface area (Å²) in [6, 6.07) is -0.673. The van der Waals surface area contributed by atoms with E-state index in [1.54, 1.807) is 18.9 Å². The van der Waals surface area contributed by atoms with E-state index in [1.165, 1.54) is 4.90 Å². The number of piperidine rings is 1. The topological polar surface area (TPSA) is 60.9 Å². The van der Waals surface area contributed by atoms with E-state index in [0.717, 1.165) is 25.8 Å². The van der Waals surface area contributed by atoms with E-state index in [-0.39, 0.29) is 12.1 Å². The van der Waals surface area contributed by atoms with Crippen molar-refractivity contribution in [3.63, 3.8) is 0 Å². The predicted molar refractivity (Wildman–Crippen MR) is 64.9 cm³/mol. The van der Waals surface area contributed by atoms with E-state index >= 15 is 0 Å². The van der Waals surface area contributed by atoms with E-state index in [1.807, 2.05) is 6.92 Å². The van der Waals surface area contributed by atoms with Crippen molar-refractivity contribution in [3.05, 3.63) is 0 Å². The summed E-state index contributed by atoms with van der Waals surface area (Å²) in [6.45, 7) is 4.54. The number of hydrogen-bond acceptors (Lipinski definition) is 2. The Labute approximate surface area is 102 Å². The number of urea groups is 1. The molecule has 2 amide bonds. The maximum absolute atomic E-state index is 12.2. The molecule has 1 saturated heterocycles. The van der Waals surface area contributed by atoms with Gasteiger partial charge in [-0.2, -0.15) is 0 Å². The Kier molecular flexibility index (Phi) is 4.78. The first-order chi connectivity index (χ1) is 7.99. The molecule has 1 heterocycles. The normalized spacial score (nSPS) is 22.1. The summed E-state index contributed by atoms with van der Waals surface area (Å²) in [5, 5.41) is 9.04. The van der Waals surface area contributed by atoms with Gasteiger partial charge in [0.2, 0.25) is 0 Å². The molecule has 0 aromatic carbocycles. The van der Waals surface area contributed by atoms with Crippen molar-refractivity contribution < 1.29 is 14.7 Å². The van der Waals surface area contributed by atoms with E-state index in [9.17, 15) is 9.59 Å². The molecule has 0 radical (unpaired) electrons. The van der Waals surface area contributed by atoms with Gasteiger partial charge in [0.15, 0.2) is 0 Å². The third kappa shape index (κ3) is 3.11. The molecular formula is C12H22N2O3. The van der Waals surface area contributed by atoms with E-state index in [2.05, 4.69) is 0 Å². The van der Waals surface area contributed by atoms with Crippen LogP contribution < -0.4 is 0 Å². The molecule has 98 valence electrons. The van der Waals surface area contributed by atoms with Gasteiger partial charge in [0.05, 0.1) is 0 Å². The maximum Gasteiger partial charge on any atom is 0.326 e. The Hall–Kier alpha value is -1.26. The molecule has 17 heavy (non-hydrogen) atoms. The number of likely N-dealkylation sites (tertiary alicyclic amines) is 1. The second-order valence-corrected chi connectivity index (χ2v) is 4.69. The largest absolute Gasteiger partial charge is 0.480 e. The highest BCUT2D eigenvalue weighted by atomic mass is 16.4. The lowest BCUT2D eigenvalue weighted by Gasteiger charge is -2.37. The van der Waals surface area contributed by atoms with Crippen molar-refractivity contribution >= 4 is 12.0 Å². The van der Waals surface area contributed by atoms with Crippen LogP contribution in [0.2, 0.25) is 0 Å². The highest BCUT2D eigenvalue weighted by Gasteiger charge is 2.31. The molecule has 0 bridgehead atoms. The van der Waals surface area contributed by atoms with Crippen LogP contribution in [0.5, 0.6) is 0 Å². The zero-order valence-electron chi connectivity index (χ0n) is 10.8. The standard InChI is InChI=1S/C12H22N2O3/c1-4-10(11(15)16)13(3)12(17)14-8-6-5-7-9(14)2/h9-10H,4-8H2,1-3H3,(H,15,16). The van der Waals surface area contributed by atoms with Crippen LogP contribution in [0.15, 0.2) is 0 Å². The van der Waals surface area contributed by atoms with Crippen LogP contribution in [0.25, 0.3) is 0 Å². The van der Waals surface area contributed by atoms with Gasteiger partial charge in [0.1, 0.15) is 6.04 Å². The molecule has 5 nitrogen and oxygen atoms in total. The Morgan fingerprint density at radius 3 is 2.59 bits per heavy atom. The average Bonchev–Trinajstić information content (AvgIpc) is 2.29. The highest BCUT2D eigenvalue weighted by molar-refractivity contribution is 5.82. The molecule has 1 rings (SSSR count). The van der Waals surface area contributed by atoms with Gasteiger partial charge >= 0.3 is 12.0 Å². The van der Waals surface area contributed by atoms with Crippen molar-refractivity contribution in [2.75, 3.05) is 13.6 Å². The molecule has 2 unspecified atom stereocenters. The van der Waals surface area contributed by atoms with E-state index in [0.29, 0.717) is 6.42 Å². The number of nitrogens with zero attached hydrogens (tertiary/aromatic N) is 2. The minimum atomic E-state index is -0.937. The summed E-state index contributed by atoms with van der Waals surface area (Å²) in [5.41, 5.74) is 0. The second-order valence-electron chi connectivity index (χ2n) is 4.69. The van der Waals surface area contributed by atoms with Gasteiger partial charge in [-0.15, -0.1) is 0 Å². The zero-order chi connectivity index (χ0) is 13.0. The third-order valence-corrected chi connectivity index (χ3v) is 3.49. The fourth-order valence-electron chi connectivity index (χ4n) is 2.33. The Morgan fingerprint density at radius 2 is 2.12 bits per heavy atom. The molecule has 1 N–H and O–H groups in total. The van der Waals surface area contributed by atoms with Gasteiger partial charge in [-0.3, -0.25) is 0 Å². The molecule has 0 aromatic heterocycles. The average molecular weight is 242 g/mol. The molecule has 0 aromatic rings. The molecule has 5 heteroatoms. The number of carboxylic acids is 1. The highest BCUT2D eigenvalue weighted by Crippen LogP contribution is 2.19. The SMILES string of the molecule is CCC(C(=O)O)N(C)C(=O)N1CCCCC1C. The van der Waals surface area contributed by atoms with Gasteiger partial charge in [0.25, 0.3) is 0 Å². The molecule has 0 aliphatic carbocycles. The third-order valence-electron chi connectivity index (χ3n) is 3.49. The molecule has 1 fully saturated rings. The number of hydrogen-bond donors (Lipinski definition) is 1. The van der Waals surface area contributed by atoms with Gasteiger partial charge in [-0.25, -0.2) is 9.59 Å². The number of amides is 2. The smallest absolute Gasteiger partial charge is 0.326 e. The lowest BCUT2D eigenvalue weighted by molar-refractivity contribution is -0.142. The number of likely N-dealkylation sites (N-methyl/N-ethyl adjacent to an activating group) is 1. The van der Waals surface area contributed by atoms with E-state index < -0.39 is 12.0 Å². The first-order valence-electron chi connectivity index (χ1n) is 6.25. The molecule has 0 saturated carbocycles. The fraction of sp³-hybridized carbons (Fsp3) is 0.833. The van der Waals surface area contributed by atoms with Crippen LogP contribution in [0.4, 0.5) is 4.79 Å². The summed E-state index contributed by atoms with van der Waals surface area (Å²) < 4.78 is 0. The Bertz CT molecular complexity index is 293. The van der Waals surface area contributed by atoms with Crippen molar-refractivity contribution in [2.24, 2.45) is 0 Å². The summed E-state index contributed by atoms with van der Waals surface area (Å²) in [4.78, 5) is 26.4. The minimum Gasteiger partial charge on any atom is -0.480 e. The number of carboxylic acid groups (broad SMARTS) is 1. The monoisotopic (exact) mass is 242 g/mol. The molecular weight excluding hydrogens is 220 g/mol. The van der Waals surface area contributed by atoms with Crippen molar-refractivity contribution in [3.8, 4) is 0 Å². The van der Waals surface area contributed by atoms with Crippen molar-refractivity contribution in [1.82, 2.24) is 9.80 Å². The zero-order valence-corrected chi connectivity index (χ0v) is 10.8. The number of aliphatic carboxylic acids is 1. The second kappa shape index (κ2) is 5.89. The number of carbonyl (C=O) groups is 2. The van der Waals surface area contributed by atoms with E-state index in [4.69, 9.17) is 5.11 Å². The predicted octanol–water partition coefficient (Wildman–Crippen LogP) is 1.78.